The standard InChI is InChI=1S/C24H22FN7O/c1-30-21-5-4-19(10-17(21)14-28-30)32-23(33)12-22(31-8-6-18(27)7-9-31)29-24(32)15-2-3-16(13-26)20(25)11-15/h2-5,10-12,14,18H,6-9,27H2,1H3. The van der Waals surface area contributed by atoms with E-state index in [1.807, 2.05) is 36.2 Å². The van der Waals surface area contributed by atoms with Gasteiger partial charge >= 0.3 is 0 Å². The van der Waals surface area contributed by atoms with Gasteiger partial charge in [0.25, 0.3) is 5.56 Å². The molecule has 33 heavy (non-hydrogen) atoms. The zero-order chi connectivity index (χ0) is 23.1. The van der Waals surface area contributed by atoms with Crippen molar-refractivity contribution in [3.05, 3.63) is 70.4 Å². The van der Waals surface area contributed by atoms with Gasteiger partial charge in [0.05, 0.1) is 23.0 Å². The number of aromatic nitrogens is 4. The molecule has 3 heterocycles. The molecule has 0 radical (unpaired) electrons. The summed E-state index contributed by atoms with van der Waals surface area (Å²) in [6.07, 6.45) is 3.34. The Bertz CT molecular complexity index is 1460. The number of anilines is 1. The Morgan fingerprint density at radius 3 is 2.67 bits per heavy atom. The van der Waals surface area contributed by atoms with Crippen molar-refractivity contribution in [2.24, 2.45) is 12.8 Å². The summed E-state index contributed by atoms with van der Waals surface area (Å²) in [6, 6.07) is 13.3. The molecule has 2 aromatic carbocycles. The maximum atomic E-state index is 14.5. The van der Waals surface area contributed by atoms with E-state index in [0.717, 1.165) is 23.7 Å². The topological polar surface area (TPSA) is 106 Å². The van der Waals surface area contributed by atoms with Crippen molar-refractivity contribution in [1.82, 2.24) is 19.3 Å². The van der Waals surface area contributed by atoms with Crippen LogP contribution in [0.5, 0.6) is 0 Å². The molecule has 1 fully saturated rings. The second-order valence-corrected chi connectivity index (χ2v) is 8.25. The second-order valence-electron chi connectivity index (χ2n) is 8.25. The molecule has 0 bridgehead atoms. The van der Waals surface area contributed by atoms with Crippen molar-refractivity contribution in [3.63, 3.8) is 0 Å². The molecule has 2 N–H and O–H groups in total. The lowest BCUT2D eigenvalue weighted by Gasteiger charge is -2.31. The number of hydrogen-bond acceptors (Lipinski definition) is 6. The smallest absolute Gasteiger partial charge is 0.260 e. The van der Waals surface area contributed by atoms with Crippen LogP contribution in [0, 0.1) is 17.1 Å². The Hall–Kier alpha value is -4.03. The van der Waals surface area contributed by atoms with Crippen molar-refractivity contribution in [2.75, 3.05) is 18.0 Å². The fraction of sp³-hybridized carbons (Fsp3) is 0.250. The molecule has 166 valence electrons. The maximum Gasteiger partial charge on any atom is 0.260 e. The maximum absolute atomic E-state index is 14.5. The Balaban J connectivity index is 1.71. The molecule has 0 spiro atoms. The fourth-order valence-corrected chi connectivity index (χ4v) is 4.24. The van der Waals surface area contributed by atoms with E-state index in [1.165, 1.54) is 22.8 Å². The molecule has 0 saturated carbocycles. The summed E-state index contributed by atoms with van der Waals surface area (Å²) in [7, 11) is 1.85. The van der Waals surface area contributed by atoms with E-state index in [-0.39, 0.29) is 17.2 Å². The number of fused-ring (bicyclic) bond motifs is 1. The van der Waals surface area contributed by atoms with Crippen LogP contribution in [-0.2, 0) is 7.05 Å². The van der Waals surface area contributed by atoms with E-state index in [4.69, 9.17) is 16.0 Å². The molecule has 0 unspecified atom stereocenters. The first-order valence-electron chi connectivity index (χ1n) is 10.7. The van der Waals surface area contributed by atoms with Gasteiger partial charge in [0.1, 0.15) is 23.5 Å². The van der Waals surface area contributed by atoms with Gasteiger partial charge in [0, 0.05) is 43.2 Å². The molecule has 1 aliphatic heterocycles. The first kappa shape index (κ1) is 20.8. The minimum absolute atomic E-state index is 0.0643. The summed E-state index contributed by atoms with van der Waals surface area (Å²) < 4.78 is 17.7. The molecular formula is C24H22FN7O. The van der Waals surface area contributed by atoms with Crippen LogP contribution in [0.4, 0.5) is 10.2 Å². The van der Waals surface area contributed by atoms with Crippen LogP contribution in [0.25, 0.3) is 28.0 Å². The highest BCUT2D eigenvalue weighted by Gasteiger charge is 2.21. The highest BCUT2D eigenvalue weighted by molar-refractivity contribution is 5.81. The van der Waals surface area contributed by atoms with Crippen molar-refractivity contribution in [3.8, 4) is 23.1 Å². The van der Waals surface area contributed by atoms with Crippen molar-refractivity contribution in [1.29, 1.82) is 5.26 Å². The minimum atomic E-state index is -0.659. The number of aryl methyl sites for hydroxylation is 1. The highest BCUT2D eigenvalue weighted by Crippen LogP contribution is 2.27. The van der Waals surface area contributed by atoms with Gasteiger partial charge < -0.3 is 10.6 Å². The van der Waals surface area contributed by atoms with Crippen LogP contribution in [0.3, 0.4) is 0 Å². The van der Waals surface area contributed by atoms with Crippen LogP contribution in [0.1, 0.15) is 18.4 Å². The summed E-state index contributed by atoms with van der Waals surface area (Å²) in [5, 5.41) is 14.2. The van der Waals surface area contributed by atoms with Gasteiger partial charge in [-0.1, -0.05) is 0 Å². The zero-order valence-electron chi connectivity index (χ0n) is 18.1. The van der Waals surface area contributed by atoms with Crippen LogP contribution >= 0.6 is 0 Å². The largest absolute Gasteiger partial charge is 0.356 e. The highest BCUT2D eigenvalue weighted by atomic mass is 19.1. The molecular weight excluding hydrogens is 421 g/mol. The van der Waals surface area contributed by atoms with E-state index in [1.54, 1.807) is 16.9 Å². The molecule has 8 nitrogen and oxygen atoms in total. The summed E-state index contributed by atoms with van der Waals surface area (Å²) in [5.74, 6) is 0.178. The Labute approximate surface area is 189 Å². The molecule has 0 atom stereocenters. The predicted molar refractivity (Wildman–Crippen MR) is 124 cm³/mol. The molecule has 0 amide bonds. The van der Waals surface area contributed by atoms with E-state index in [9.17, 15) is 9.18 Å². The molecule has 1 saturated heterocycles. The van der Waals surface area contributed by atoms with Crippen molar-refractivity contribution in [2.45, 2.75) is 18.9 Å². The number of nitrogens with zero attached hydrogens (tertiary/aromatic N) is 6. The zero-order valence-corrected chi connectivity index (χ0v) is 18.1. The molecule has 9 heteroatoms. The van der Waals surface area contributed by atoms with Gasteiger partial charge in [-0.2, -0.15) is 10.4 Å². The van der Waals surface area contributed by atoms with Gasteiger partial charge in [-0.15, -0.1) is 0 Å². The average Bonchev–Trinajstić information content (AvgIpc) is 3.19. The average molecular weight is 443 g/mol. The third-order valence-corrected chi connectivity index (χ3v) is 6.10. The molecule has 0 aliphatic carbocycles. The third kappa shape index (κ3) is 3.75. The van der Waals surface area contributed by atoms with E-state index < -0.39 is 5.82 Å². The van der Waals surface area contributed by atoms with Gasteiger partial charge in [-0.25, -0.2) is 9.37 Å². The minimum Gasteiger partial charge on any atom is -0.356 e. The number of piperidine rings is 1. The van der Waals surface area contributed by atoms with E-state index >= 15 is 0 Å². The third-order valence-electron chi connectivity index (χ3n) is 6.10. The lowest BCUT2D eigenvalue weighted by atomic mass is 10.1. The molecule has 1 aliphatic rings. The van der Waals surface area contributed by atoms with Crippen LogP contribution in [0.15, 0.2) is 53.5 Å². The molecule has 2 aromatic heterocycles. The summed E-state index contributed by atoms with van der Waals surface area (Å²) in [6.45, 7) is 1.39. The van der Waals surface area contributed by atoms with Crippen LogP contribution < -0.4 is 16.2 Å². The number of benzene rings is 2. The second kappa shape index (κ2) is 8.15. The van der Waals surface area contributed by atoms with Crippen LogP contribution in [0.2, 0.25) is 0 Å². The lowest BCUT2D eigenvalue weighted by molar-refractivity contribution is 0.498. The number of nitrogens with two attached hydrogens (primary N) is 1. The predicted octanol–water partition coefficient (Wildman–Crippen LogP) is 2.72. The van der Waals surface area contributed by atoms with Gasteiger partial charge in [-0.05, 0) is 49.2 Å². The summed E-state index contributed by atoms with van der Waals surface area (Å²) in [4.78, 5) is 20.2. The normalized spacial score (nSPS) is 14.5. The monoisotopic (exact) mass is 443 g/mol. The Morgan fingerprint density at radius 2 is 1.94 bits per heavy atom. The summed E-state index contributed by atoms with van der Waals surface area (Å²) in [5.41, 5.74) is 7.61. The van der Waals surface area contributed by atoms with Gasteiger partial charge in [0.15, 0.2) is 0 Å². The Morgan fingerprint density at radius 1 is 1.15 bits per heavy atom. The number of hydrogen-bond donors (Lipinski definition) is 1. The number of nitriles is 1. The number of halogens is 1. The van der Waals surface area contributed by atoms with Crippen molar-refractivity contribution < 1.29 is 4.39 Å². The van der Waals surface area contributed by atoms with Crippen molar-refractivity contribution >= 4 is 16.7 Å². The molecule has 4 aromatic rings. The number of rotatable bonds is 3. The van der Waals surface area contributed by atoms with Gasteiger partial charge in [0.2, 0.25) is 0 Å². The SMILES string of the molecule is Cn1ncc2cc(-n3c(-c4ccc(C#N)c(F)c4)nc(N4CCC(N)CC4)cc3=O)ccc21. The Kier molecular flexibility index (Phi) is 5.15. The quantitative estimate of drug-likeness (QED) is 0.522. The van der Waals surface area contributed by atoms with Crippen LogP contribution in [-0.4, -0.2) is 38.5 Å². The first-order valence-corrected chi connectivity index (χ1v) is 10.7. The lowest BCUT2D eigenvalue weighted by Crippen LogP contribution is -2.40. The molecule has 5 rings (SSSR count). The first-order chi connectivity index (χ1) is 15.9. The van der Waals surface area contributed by atoms with E-state index in [2.05, 4.69) is 5.10 Å². The fourth-order valence-electron chi connectivity index (χ4n) is 4.24. The summed E-state index contributed by atoms with van der Waals surface area (Å²) >= 11 is 0. The van der Waals surface area contributed by atoms with Gasteiger partial charge in [-0.3, -0.25) is 14.0 Å². The van der Waals surface area contributed by atoms with E-state index in [0.29, 0.717) is 36.0 Å².